The number of likely N-dealkylation sites (tertiary alicyclic amines) is 1. The Hall–Kier alpha value is -2.51. The molecule has 0 spiro atoms. The number of halogens is 1. The first-order chi connectivity index (χ1) is 14.5. The van der Waals surface area contributed by atoms with E-state index in [0.29, 0.717) is 24.2 Å². The van der Waals surface area contributed by atoms with Gasteiger partial charge in [0, 0.05) is 30.5 Å². The summed E-state index contributed by atoms with van der Waals surface area (Å²) in [4.78, 5) is 40.6. The van der Waals surface area contributed by atoms with Crippen LogP contribution in [0.4, 0.5) is 0 Å². The van der Waals surface area contributed by atoms with Crippen molar-refractivity contribution in [3.8, 4) is 0 Å². The van der Waals surface area contributed by atoms with Crippen LogP contribution in [-0.2, 0) is 4.79 Å². The predicted molar refractivity (Wildman–Crippen MR) is 115 cm³/mol. The molecule has 4 rings (SSSR count). The fourth-order valence-corrected chi connectivity index (χ4v) is 4.58. The van der Waals surface area contributed by atoms with E-state index >= 15 is 0 Å². The molecule has 1 saturated heterocycles. The van der Waals surface area contributed by atoms with Crippen molar-refractivity contribution in [1.82, 2.24) is 9.80 Å². The Labute approximate surface area is 183 Å². The number of carbonyl (C=O) groups is 3. The number of imide groups is 1. The molecule has 3 amide bonds. The van der Waals surface area contributed by atoms with Crippen molar-refractivity contribution in [2.75, 3.05) is 19.6 Å². The first-order valence-corrected chi connectivity index (χ1v) is 10.9. The number of hydrogen-bond donors (Lipinski definition) is 1. The van der Waals surface area contributed by atoms with Crippen LogP contribution in [-0.4, -0.2) is 52.3 Å². The van der Waals surface area contributed by atoms with Gasteiger partial charge in [-0.05, 0) is 42.5 Å². The molecule has 2 aliphatic heterocycles. The third kappa shape index (κ3) is 4.04. The zero-order valence-electron chi connectivity index (χ0n) is 16.5. The Kier molecular flexibility index (Phi) is 6.01. The molecular formula is C23H23BrN2O4. The van der Waals surface area contributed by atoms with E-state index in [4.69, 9.17) is 0 Å². The molecule has 1 N–H and O–H groups in total. The van der Waals surface area contributed by atoms with Crippen LogP contribution in [0.15, 0.2) is 53.0 Å². The lowest BCUT2D eigenvalue weighted by atomic mass is 9.87. The Morgan fingerprint density at radius 1 is 1.03 bits per heavy atom. The number of aliphatic hydroxyl groups is 1. The highest BCUT2D eigenvalue weighted by molar-refractivity contribution is 9.10. The number of rotatable bonds is 5. The zero-order valence-corrected chi connectivity index (χ0v) is 18.0. The highest BCUT2D eigenvalue weighted by atomic mass is 79.9. The van der Waals surface area contributed by atoms with Gasteiger partial charge in [0.2, 0.25) is 5.91 Å². The maximum atomic E-state index is 12.6. The molecule has 7 heteroatoms. The van der Waals surface area contributed by atoms with Crippen molar-refractivity contribution in [2.45, 2.75) is 25.4 Å². The zero-order chi connectivity index (χ0) is 21.3. The van der Waals surface area contributed by atoms with Gasteiger partial charge in [-0.15, -0.1) is 0 Å². The smallest absolute Gasteiger partial charge is 0.261 e. The van der Waals surface area contributed by atoms with Gasteiger partial charge in [-0.1, -0.05) is 46.3 Å². The topological polar surface area (TPSA) is 77.9 Å². The standard InChI is InChI=1S/C23H23BrN2O4/c24-17-6-7-18-19(14-17)23(30)26(22(18)29)13-10-20(27)25-11-8-16(9-12-25)21(28)15-4-2-1-3-5-15/h1-7,14,16,21,28H,8-13H2. The van der Waals surface area contributed by atoms with Crippen molar-refractivity contribution >= 4 is 33.7 Å². The second-order valence-corrected chi connectivity index (χ2v) is 8.69. The van der Waals surface area contributed by atoms with Crippen molar-refractivity contribution in [3.05, 3.63) is 69.7 Å². The minimum absolute atomic E-state index is 0.0691. The van der Waals surface area contributed by atoms with Gasteiger partial charge in [-0.2, -0.15) is 0 Å². The maximum Gasteiger partial charge on any atom is 0.261 e. The van der Waals surface area contributed by atoms with E-state index in [0.717, 1.165) is 27.8 Å². The molecule has 0 radical (unpaired) electrons. The molecule has 30 heavy (non-hydrogen) atoms. The third-order valence-electron chi connectivity index (χ3n) is 5.96. The second-order valence-electron chi connectivity index (χ2n) is 7.78. The number of carbonyl (C=O) groups excluding carboxylic acids is 3. The van der Waals surface area contributed by atoms with Gasteiger partial charge >= 0.3 is 0 Å². The third-order valence-corrected chi connectivity index (χ3v) is 6.46. The van der Waals surface area contributed by atoms with Crippen LogP contribution in [0.2, 0.25) is 0 Å². The molecule has 1 fully saturated rings. The number of amides is 3. The Balaban J connectivity index is 1.30. The lowest BCUT2D eigenvalue weighted by Crippen LogP contribution is -2.41. The second kappa shape index (κ2) is 8.70. The maximum absolute atomic E-state index is 12.6. The van der Waals surface area contributed by atoms with Gasteiger partial charge in [0.15, 0.2) is 0 Å². The largest absolute Gasteiger partial charge is 0.388 e. The molecule has 2 aromatic carbocycles. The average molecular weight is 471 g/mol. The molecule has 2 aliphatic rings. The molecule has 0 saturated carbocycles. The summed E-state index contributed by atoms with van der Waals surface area (Å²) >= 11 is 3.32. The molecule has 1 atom stereocenters. The lowest BCUT2D eigenvalue weighted by molar-refractivity contribution is -0.133. The SMILES string of the molecule is O=C(CCN1C(=O)c2ccc(Br)cc2C1=O)N1CCC(C(O)c2ccccc2)CC1. The molecule has 0 aliphatic carbocycles. The molecule has 156 valence electrons. The van der Waals surface area contributed by atoms with Crippen LogP contribution in [0.3, 0.4) is 0 Å². The number of aliphatic hydroxyl groups excluding tert-OH is 1. The van der Waals surface area contributed by atoms with Crippen molar-refractivity contribution in [3.63, 3.8) is 0 Å². The summed E-state index contributed by atoms with van der Waals surface area (Å²) in [5.41, 5.74) is 1.66. The summed E-state index contributed by atoms with van der Waals surface area (Å²) in [6.45, 7) is 1.22. The molecule has 0 bridgehead atoms. The van der Waals surface area contributed by atoms with Crippen LogP contribution >= 0.6 is 15.9 Å². The monoisotopic (exact) mass is 470 g/mol. The van der Waals surface area contributed by atoms with Gasteiger partial charge in [-0.25, -0.2) is 0 Å². The van der Waals surface area contributed by atoms with Crippen LogP contribution in [0.25, 0.3) is 0 Å². The molecule has 6 nitrogen and oxygen atoms in total. The fraction of sp³-hybridized carbons (Fsp3) is 0.348. The predicted octanol–water partition coefficient (Wildman–Crippen LogP) is 3.41. The Morgan fingerprint density at radius 2 is 1.70 bits per heavy atom. The normalized spacial score (nSPS) is 17.9. The number of benzene rings is 2. The lowest BCUT2D eigenvalue weighted by Gasteiger charge is -2.34. The highest BCUT2D eigenvalue weighted by Gasteiger charge is 2.36. The number of hydrogen-bond acceptors (Lipinski definition) is 4. The first kappa shape index (κ1) is 20.8. The van der Waals surface area contributed by atoms with Crippen molar-refractivity contribution < 1.29 is 19.5 Å². The fourth-order valence-electron chi connectivity index (χ4n) is 4.22. The van der Waals surface area contributed by atoms with Gasteiger partial charge < -0.3 is 10.0 Å². The summed E-state index contributed by atoms with van der Waals surface area (Å²) in [5, 5.41) is 10.6. The Bertz CT molecular complexity index is 970. The van der Waals surface area contributed by atoms with Gasteiger partial charge in [0.1, 0.15) is 0 Å². The molecule has 2 aromatic rings. The number of piperidine rings is 1. The molecular weight excluding hydrogens is 448 g/mol. The number of nitrogens with zero attached hydrogens (tertiary/aromatic N) is 2. The van der Waals surface area contributed by atoms with Gasteiger partial charge in [0.05, 0.1) is 17.2 Å². The Morgan fingerprint density at radius 3 is 2.40 bits per heavy atom. The van der Waals surface area contributed by atoms with E-state index < -0.39 is 6.10 Å². The summed E-state index contributed by atoms with van der Waals surface area (Å²) in [7, 11) is 0. The van der Waals surface area contributed by atoms with Crippen molar-refractivity contribution in [2.24, 2.45) is 5.92 Å². The molecule has 2 heterocycles. The van der Waals surface area contributed by atoms with Crippen LogP contribution in [0.5, 0.6) is 0 Å². The van der Waals surface area contributed by atoms with Crippen LogP contribution < -0.4 is 0 Å². The van der Waals surface area contributed by atoms with Crippen molar-refractivity contribution in [1.29, 1.82) is 0 Å². The summed E-state index contributed by atoms with van der Waals surface area (Å²) in [6, 6.07) is 14.6. The first-order valence-electron chi connectivity index (χ1n) is 10.1. The molecule has 1 unspecified atom stereocenters. The van der Waals surface area contributed by atoms with E-state index in [1.54, 1.807) is 23.1 Å². The minimum Gasteiger partial charge on any atom is -0.388 e. The van der Waals surface area contributed by atoms with E-state index in [2.05, 4.69) is 15.9 Å². The minimum atomic E-state index is -0.527. The van der Waals surface area contributed by atoms with Gasteiger partial charge in [-0.3, -0.25) is 19.3 Å². The molecule has 0 aromatic heterocycles. The average Bonchev–Trinajstić information content (AvgIpc) is 3.01. The summed E-state index contributed by atoms with van der Waals surface area (Å²) in [6.07, 6.45) is 1.03. The van der Waals surface area contributed by atoms with Crippen LogP contribution in [0.1, 0.15) is 51.6 Å². The highest BCUT2D eigenvalue weighted by Crippen LogP contribution is 2.31. The summed E-state index contributed by atoms with van der Waals surface area (Å²) in [5.74, 6) is -0.652. The van der Waals surface area contributed by atoms with E-state index in [-0.39, 0.29) is 36.6 Å². The van der Waals surface area contributed by atoms with Crippen LogP contribution in [0, 0.1) is 5.92 Å². The van der Waals surface area contributed by atoms with E-state index in [1.165, 1.54) is 0 Å². The van der Waals surface area contributed by atoms with E-state index in [9.17, 15) is 19.5 Å². The quantitative estimate of drug-likeness (QED) is 0.679. The van der Waals surface area contributed by atoms with E-state index in [1.807, 2.05) is 30.3 Å². The van der Waals surface area contributed by atoms with Gasteiger partial charge in [0.25, 0.3) is 11.8 Å². The summed E-state index contributed by atoms with van der Waals surface area (Å²) < 4.78 is 0.737. The number of fused-ring (bicyclic) bond motifs is 1.